The molecule has 4 aromatic rings. The fraction of sp³-hybridized carbons (Fsp3) is 0. The van der Waals surface area contributed by atoms with Crippen LogP contribution < -0.4 is 5.32 Å². The molecule has 10 heteroatoms. The van der Waals surface area contributed by atoms with Crippen LogP contribution in [-0.2, 0) is 10.0 Å². The number of nitrogens with zero attached hydrogens (tertiary/aromatic N) is 3. The molecule has 1 N–H and O–H groups in total. The highest BCUT2D eigenvalue weighted by Crippen LogP contribution is 2.37. The zero-order chi connectivity index (χ0) is 21.3. The maximum atomic E-state index is 13.2. The van der Waals surface area contributed by atoms with Gasteiger partial charge in [-0.1, -0.05) is 41.4 Å². The van der Waals surface area contributed by atoms with E-state index in [1.807, 2.05) is 0 Å². The molecular formula is C20H12Cl2FN4O2S-. The lowest BCUT2D eigenvalue weighted by atomic mass is 10.3. The van der Waals surface area contributed by atoms with Crippen LogP contribution in [0.15, 0.2) is 71.6 Å². The van der Waals surface area contributed by atoms with E-state index in [0.29, 0.717) is 16.7 Å². The minimum Gasteiger partial charge on any atom is -0.431 e. The first kappa shape index (κ1) is 20.3. The number of rotatable bonds is 5. The Morgan fingerprint density at radius 2 is 1.57 bits per heavy atom. The molecule has 0 saturated heterocycles. The third kappa shape index (κ3) is 4.30. The van der Waals surface area contributed by atoms with Crippen LogP contribution in [0.2, 0.25) is 10.0 Å². The average molecular weight is 462 g/mol. The smallest absolute Gasteiger partial charge is 0.204 e. The van der Waals surface area contributed by atoms with Gasteiger partial charge < -0.3 is 15.0 Å². The van der Waals surface area contributed by atoms with E-state index in [9.17, 15) is 12.8 Å². The molecule has 0 aliphatic rings. The van der Waals surface area contributed by atoms with Gasteiger partial charge in [0.2, 0.25) is 10.0 Å². The van der Waals surface area contributed by atoms with Gasteiger partial charge in [-0.2, -0.15) is 0 Å². The summed E-state index contributed by atoms with van der Waals surface area (Å²) in [5.41, 5.74) is 1.46. The molecule has 1 aromatic heterocycles. The third-order valence-electron chi connectivity index (χ3n) is 4.04. The second kappa shape index (κ2) is 8.06. The molecule has 0 radical (unpaired) electrons. The Labute approximate surface area is 181 Å². The number of aromatic nitrogens is 2. The Kier molecular flexibility index (Phi) is 5.46. The maximum Gasteiger partial charge on any atom is 0.204 e. The summed E-state index contributed by atoms with van der Waals surface area (Å²) in [6, 6.07) is 16.5. The van der Waals surface area contributed by atoms with Crippen molar-refractivity contribution in [2.24, 2.45) is 0 Å². The zero-order valence-electron chi connectivity index (χ0n) is 15.1. The van der Waals surface area contributed by atoms with E-state index in [1.165, 1.54) is 42.5 Å². The topological polar surface area (TPSA) is 86.1 Å². The number of halogens is 3. The molecule has 1 heterocycles. The molecular weight excluding hydrogens is 450 g/mol. The molecule has 0 fully saturated rings. The summed E-state index contributed by atoms with van der Waals surface area (Å²) in [4.78, 5) is 8.51. The number of benzene rings is 3. The van der Waals surface area contributed by atoms with Crippen molar-refractivity contribution in [1.82, 2.24) is 9.97 Å². The Morgan fingerprint density at radius 3 is 2.27 bits per heavy atom. The third-order valence-corrected chi connectivity index (χ3v) is 6.02. The molecule has 0 aliphatic carbocycles. The Bertz CT molecular complexity index is 1350. The molecule has 0 spiro atoms. The molecule has 6 nitrogen and oxygen atoms in total. The van der Waals surface area contributed by atoms with Gasteiger partial charge in [-0.15, -0.1) is 0 Å². The summed E-state index contributed by atoms with van der Waals surface area (Å²) in [5, 5.41) is 3.11. The number of nitrogens with one attached hydrogen (secondary N) is 1. The number of fused-ring (bicyclic) bond motifs is 1. The molecule has 0 saturated carbocycles. The van der Waals surface area contributed by atoms with Crippen LogP contribution in [0, 0.1) is 5.82 Å². The summed E-state index contributed by atoms with van der Waals surface area (Å²) >= 11 is 12.0. The SMILES string of the molecule is O=S(=O)([N-]c1nc2ccccc2nc1Nc1ccc(F)cc1)c1cc(Cl)ccc1Cl. The van der Waals surface area contributed by atoms with E-state index in [-0.39, 0.29) is 26.6 Å². The van der Waals surface area contributed by atoms with Crippen LogP contribution in [0.5, 0.6) is 0 Å². The molecule has 0 amide bonds. The lowest BCUT2D eigenvalue weighted by Crippen LogP contribution is -2.03. The van der Waals surface area contributed by atoms with E-state index >= 15 is 0 Å². The van der Waals surface area contributed by atoms with Crippen molar-refractivity contribution in [2.45, 2.75) is 4.90 Å². The van der Waals surface area contributed by atoms with Crippen molar-refractivity contribution in [3.8, 4) is 0 Å². The monoisotopic (exact) mass is 461 g/mol. The lowest BCUT2D eigenvalue weighted by molar-refractivity contribution is 0.603. The van der Waals surface area contributed by atoms with Gasteiger partial charge in [-0.3, -0.25) is 0 Å². The summed E-state index contributed by atoms with van der Waals surface area (Å²) in [5.74, 6) is -0.496. The zero-order valence-corrected chi connectivity index (χ0v) is 17.4. The van der Waals surface area contributed by atoms with Gasteiger partial charge in [-0.25, -0.2) is 17.8 Å². The van der Waals surface area contributed by atoms with Gasteiger partial charge in [0.25, 0.3) is 0 Å². The predicted molar refractivity (Wildman–Crippen MR) is 116 cm³/mol. The van der Waals surface area contributed by atoms with Crippen LogP contribution in [0.25, 0.3) is 15.8 Å². The highest BCUT2D eigenvalue weighted by atomic mass is 35.5. The molecule has 0 aliphatic heterocycles. The van der Waals surface area contributed by atoms with Crippen molar-refractivity contribution >= 4 is 61.6 Å². The Morgan fingerprint density at radius 1 is 0.900 bits per heavy atom. The predicted octanol–water partition coefficient (Wildman–Crippen LogP) is 6.21. The summed E-state index contributed by atoms with van der Waals surface area (Å²) < 4.78 is 42.9. The van der Waals surface area contributed by atoms with E-state index < -0.39 is 15.8 Å². The van der Waals surface area contributed by atoms with Crippen molar-refractivity contribution in [1.29, 1.82) is 0 Å². The van der Waals surface area contributed by atoms with Gasteiger partial charge in [0, 0.05) is 10.7 Å². The minimum absolute atomic E-state index is 0.0232. The largest absolute Gasteiger partial charge is 0.431 e. The quantitative estimate of drug-likeness (QED) is 0.381. The van der Waals surface area contributed by atoms with Crippen molar-refractivity contribution in [2.75, 3.05) is 5.32 Å². The normalized spacial score (nSPS) is 11.4. The van der Waals surface area contributed by atoms with Crippen molar-refractivity contribution in [3.63, 3.8) is 0 Å². The Hall–Kier alpha value is -2.94. The van der Waals surface area contributed by atoms with Gasteiger partial charge >= 0.3 is 0 Å². The summed E-state index contributed by atoms with van der Waals surface area (Å²) in [7, 11) is -4.25. The first-order chi connectivity index (χ1) is 14.3. The number of hydrogen-bond acceptors (Lipinski definition) is 5. The fourth-order valence-corrected chi connectivity index (χ4v) is 4.34. The van der Waals surface area contributed by atoms with E-state index in [1.54, 1.807) is 24.3 Å². The average Bonchev–Trinajstić information content (AvgIpc) is 2.71. The summed E-state index contributed by atoms with van der Waals surface area (Å²) in [6.45, 7) is 0. The van der Waals surface area contributed by atoms with Crippen LogP contribution >= 0.6 is 23.2 Å². The molecule has 30 heavy (non-hydrogen) atoms. The second-order valence-electron chi connectivity index (χ2n) is 6.16. The number of sulfonamides is 1. The highest BCUT2D eigenvalue weighted by Gasteiger charge is 2.17. The fourth-order valence-electron chi connectivity index (χ4n) is 2.65. The van der Waals surface area contributed by atoms with E-state index in [2.05, 4.69) is 20.0 Å². The van der Waals surface area contributed by atoms with Crippen LogP contribution in [-0.4, -0.2) is 18.4 Å². The number of para-hydroxylation sites is 2. The van der Waals surface area contributed by atoms with E-state index in [0.717, 1.165) is 0 Å². The van der Waals surface area contributed by atoms with Gasteiger partial charge in [0.1, 0.15) is 11.6 Å². The van der Waals surface area contributed by atoms with Crippen molar-refractivity contribution in [3.05, 3.63) is 87.3 Å². The number of hydrogen-bond donors (Lipinski definition) is 1. The summed E-state index contributed by atoms with van der Waals surface area (Å²) in [6.07, 6.45) is 0. The highest BCUT2D eigenvalue weighted by molar-refractivity contribution is 7.94. The maximum absolute atomic E-state index is 13.2. The van der Waals surface area contributed by atoms with Crippen LogP contribution in [0.4, 0.5) is 21.7 Å². The van der Waals surface area contributed by atoms with Crippen LogP contribution in [0.3, 0.4) is 0 Å². The van der Waals surface area contributed by atoms with Gasteiger partial charge in [-0.05, 0) is 59.9 Å². The molecule has 0 bridgehead atoms. The first-order valence-electron chi connectivity index (χ1n) is 8.54. The molecule has 0 unspecified atom stereocenters. The van der Waals surface area contributed by atoms with Crippen molar-refractivity contribution < 1.29 is 12.8 Å². The van der Waals surface area contributed by atoms with Gasteiger partial charge in [0.05, 0.1) is 15.4 Å². The minimum atomic E-state index is -4.25. The van der Waals surface area contributed by atoms with Crippen LogP contribution in [0.1, 0.15) is 0 Å². The second-order valence-corrected chi connectivity index (χ2v) is 8.57. The number of anilines is 2. The lowest BCUT2D eigenvalue weighted by Gasteiger charge is -2.21. The van der Waals surface area contributed by atoms with E-state index in [4.69, 9.17) is 23.2 Å². The van der Waals surface area contributed by atoms with Gasteiger partial charge in [0.15, 0.2) is 0 Å². The standard InChI is InChI=1S/C20H12Cl2FN4O2S/c21-12-5-10-15(22)18(11-12)30(28,29)27-20-19(24-14-8-6-13(23)7-9-14)25-16-3-1-2-4-17(16)26-20/h1-11H,(H-,24,25,26,27)/q-1. The molecule has 0 atom stereocenters. The molecule has 152 valence electrons. The first-order valence-corrected chi connectivity index (χ1v) is 10.7. The Balaban J connectivity index is 1.80. The molecule has 3 aromatic carbocycles. The molecule has 4 rings (SSSR count).